The van der Waals surface area contributed by atoms with Crippen LogP contribution in [0.3, 0.4) is 0 Å². The third kappa shape index (κ3) is 4.69. The normalized spacial score (nSPS) is 14.7. The van der Waals surface area contributed by atoms with Crippen molar-refractivity contribution in [3.05, 3.63) is 48.3 Å². The number of benzene rings is 1. The summed E-state index contributed by atoms with van der Waals surface area (Å²) in [4.78, 5) is 8.13. The van der Waals surface area contributed by atoms with Gasteiger partial charge in [0, 0.05) is 25.0 Å². The van der Waals surface area contributed by atoms with Crippen LogP contribution in [0.15, 0.2) is 42.7 Å². The summed E-state index contributed by atoms with van der Waals surface area (Å²) in [6.07, 6.45) is 8.65. The van der Waals surface area contributed by atoms with Gasteiger partial charge in [-0.15, -0.1) is 0 Å². The summed E-state index contributed by atoms with van der Waals surface area (Å²) in [5, 5.41) is 3.60. The van der Waals surface area contributed by atoms with E-state index in [4.69, 9.17) is 4.74 Å². The molecule has 2 aromatic rings. The lowest BCUT2D eigenvalue weighted by Crippen LogP contribution is -3.00. The van der Waals surface area contributed by atoms with Gasteiger partial charge in [0.15, 0.2) is 0 Å². The lowest BCUT2D eigenvalue weighted by Gasteiger charge is -2.12. The number of ether oxygens (including phenoxy) is 1. The Hall–Kier alpha value is -1.65. The second-order valence-corrected chi connectivity index (χ2v) is 5.14. The second-order valence-electron chi connectivity index (χ2n) is 5.14. The summed E-state index contributed by atoms with van der Waals surface area (Å²) in [5.41, 5.74) is 1.23. The highest BCUT2D eigenvalue weighted by molar-refractivity contribution is 5.30. The molecule has 1 aromatic carbocycles. The predicted octanol–water partition coefficient (Wildman–Crippen LogP) is 0.305. The molecular formula is C16H19ClN3O-. The molecule has 1 aromatic heterocycles. The molecule has 4 nitrogen and oxygen atoms in total. The average molecular weight is 305 g/mol. The van der Waals surface area contributed by atoms with Crippen LogP contribution < -0.4 is 22.5 Å². The molecule has 0 atom stereocenters. The molecule has 1 N–H and O–H groups in total. The van der Waals surface area contributed by atoms with Gasteiger partial charge in [-0.1, -0.05) is 25.0 Å². The maximum absolute atomic E-state index is 5.64. The zero-order chi connectivity index (χ0) is 13.6. The Morgan fingerprint density at radius 2 is 1.86 bits per heavy atom. The molecule has 1 saturated carbocycles. The zero-order valence-corrected chi connectivity index (χ0v) is 12.6. The van der Waals surface area contributed by atoms with E-state index in [9.17, 15) is 0 Å². The van der Waals surface area contributed by atoms with E-state index in [1.165, 1.54) is 31.2 Å². The van der Waals surface area contributed by atoms with E-state index in [2.05, 4.69) is 21.4 Å². The molecule has 0 unspecified atom stereocenters. The minimum Gasteiger partial charge on any atom is -1.00 e. The van der Waals surface area contributed by atoms with Crippen LogP contribution in [-0.2, 0) is 6.54 Å². The van der Waals surface area contributed by atoms with Gasteiger partial charge in [-0.3, -0.25) is 0 Å². The first-order valence-corrected chi connectivity index (χ1v) is 7.17. The zero-order valence-electron chi connectivity index (χ0n) is 11.8. The van der Waals surface area contributed by atoms with Gasteiger partial charge in [-0.2, -0.15) is 0 Å². The van der Waals surface area contributed by atoms with Crippen molar-refractivity contribution in [3.8, 4) is 11.8 Å². The molecule has 0 saturated heterocycles. The number of hydrogen-bond donors (Lipinski definition) is 1. The molecule has 1 heterocycles. The highest BCUT2D eigenvalue weighted by Crippen LogP contribution is 2.20. The van der Waals surface area contributed by atoms with Crippen molar-refractivity contribution in [3.63, 3.8) is 0 Å². The average Bonchev–Trinajstić information content (AvgIpc) is 3.00. The molecule has 0 spiro atoms. The van der Waals surface area contributed by atoms with Crippen LogP contribution in [0.2, 0.25) is 0 Å². The summed E-state index contributed by atoms with van der Waals surface area (Å²) in [5.74, 6) is 0.780. The van der Waals surface area contributed by atoms with E-state index in [1.807, 2.05) is 18.2 Å². The Morgan fingerprint density at radius 3 is 2.62 bits per heavy atom. The quantitative estimate of drug-likeness (QED) is 0.863. The lowest BCUT2D eigenvalue weighted by atomic mass is 10.2. The highest BCUT2D eigenvalue weighted by Gasteiger charge is 2.13. The number of aromatic nitrogens is 2. The molecule has 0 bridgehead atoms. The largest absolute Gasteiger partial charge is 1.00 e. The van der Waals surface area contributed by atoms with Crippen molar-refractivity contribution in [1.29, 1.82) is 0 Å². The molecule has 1 aliphatic carbocycles. The number of rotatable bonds is 5. The van der Waals surface area contributed by atoms with E-state index < -0.39 is 0 Å². The molecule has 0 aliphatic heterocycles. The van der Waals surface area contributed by atoms with Crippen LogP contribution in [0.25, 0.3) is 0 Å². The molecule has 21 heavy (non-hydrogen) atoms. The molecule has 112 valence electrons. The molecule has 0 radical (unpaired) electrons. The summed E-state index contributed by atoms with van der Waals surface area (Å²) < 4.78 is 5.64. The summed E-state index contributed by atoms with van der Waals surface area (Å²) in [6, 6.07) is 10.9. The lowest BCUT2D eigenvalue weighted by molar-refractivity contribution is -0.00000499. The van der Waals surface area contributed by atoms with Crippen molar-refractivity contribution in [2.24, 2.45) is 0 Å². The summed E-state index contributed by atoms with van der Waals surface area (Å²) in [6.45, 7) is 0.886. The maximum Gasteiger partial charge on any atom is 0.321 e. The van der Waals surface area contributed by atoms with Gasteiger partial charge in [0.2, 0.25) is 0 Å². The van der Waals surface area contributed by atoms with Crippen LogP contribution in [0.4, 0.5) is 0 Å². The smallest absolute Gasteiger partial charge is 0.321 e. The molecule has 5 heteroatoms. The fourth-order valence-corrected chi connectivity index (χ4v) is 2.55. The Bertz CT molecular complexity index is 544. The Kier molecular flexibility index (Phi) is 5.96. The minimum atomic E-state index is 0. The Labute approximate surface area is 131 Å². The van der Waals surface area contributed by atoms with Crippen LogP contribution in [-0.4, -0.2) is 16.0 Å². The molecule has 0 amide bonds. The molecule has 1 aliphatic rings. The highest BCUT2D eigenvalue weighted by atomic mass is 35.5. The first-order chi connectivity index (χ1) is 9.90. The monoisotopic (exact) mass is 304 g/mol. The van der Waals surface area contributed by atoms with Crippen LogP contribution >= 0.6 is 0 Å². The number of hydrogen-bond acceptors (Lipinski definition) is 4. The second kappa shape index (κ2) is 7.96. The van der Waals surface area contributed by atoms with Gasteiger partial charge in [0.25, 0.3) is 0 Å². The first kappa shape index (κ1) is 15.7. The predicted molar refractivity (Wildman–Crippen MR) is 77.6 cm³/mol. The number of halogens is 1. The van der Waals surface area contributed by atoms with Crippen molar-refractivity contribution in [2.45, 2.75) is 38.3 Å². The SMILES string of the molecule is [Cl-].c1cnc(Oc2cccc(CNC3CCCC3)c2)nc1. The summed E-state index contributed by atoms with van der Waals surface area (Å²) in [7, 11) is 0. The van der Waals surface area contributed by atoms with Gasteiger partial charge < -0.3 is 22.5 Å². The third-order valence-corrected chi connectivity index (χ3v) is 3.60. The van der Waals surface area contributed by atoms with Crippen molar-refractivity contribution in [1.82, 2.24) is 15.3 Å². The third-order valence-electron chi connectivity index (χ3n) is 3.60. The van der Waals surface area contributed by atoms with Gasteiger partial charge in [-0.25, -0.2) is 9.97 Å². The number of nitrogens with zero attached hydrogens (tertiary/aromatic N) is 2. The van der Waals surface area contributed by atoms with E-state index >= 15 is 0 Å². The minimum absolute atomic E-state index is 0. The van der Waals surface area contributed by atoms with Crippen molar-refractivity contribution in [2.75, 3.05) is 0 Å². The van der Waals surface area contributed by atoms with Crippen LogP contribution in [0.5, 0.6) is 11.8 Å². The summed E-state index contributed by atoms with van der Waals surface area (Å²) >= 11 is 0. The Morgan fingerprint density at radius 1 is 1.10 bits per heavy atom. The Balaban J connectivity index is 0.00000161. The van der Waals surface area contributed by atoms with E-state index in [0.717, 1.165) is 12.3 Å². The standard InChI is InChI=1S/C16H19N3O.ClH/c1-2-7-14(6-1)19-12-13-5-3-8-15(11-13)20-16-17-9-4-10-18-16;/h3-5,8-11,14,19H,1-2,6-7,12H2;1H/p-1. The van der Waals surface area contributed by atoms with Crippen molar-refractivity contribution >= 4 is 0 Å². The van der Waals surface area contributed by atoms with E-state index in [-0.39, 0.29) is 12.4 Å². The van der Waals surface area contributed by atoms with Gasteiger partial charge in [0.05, 0.1) is 0 Å². The van der Waals surface area contributed by atoms with Gasteiger partial charge in [-0.05, 0) is 36.6 Å². The van der Waals surface area contributed by atoms with Crippen LogP contribution in [0.1, 0.15) is 31.2 Å². The van der Waals surface area contributed by atoms with E-state index in [1.54, 1.807) is 18.5 Å². The fourth-order valence-electron chi connectivity index (χ4n) is 2.55. The molecule has 1 fully saturated rings. The fraction of sp³-hybridized carbons (Fsp3) is 0.375. The number of nitrogens with one attached hydrogen (secondary N) is 1. The molecular weight excluding hydrogens is 286 g/mol. The van der Waals surface area contributed by atoms with E-state index in [0.29, 0.717) is 12.1 Å². The van der Waals surface area contributed by atoms with Crippen molar-refractivity contribution < 1.29 is 17.1 Å². The van der Waals surface area contributed by atoms with Gasteiger partial charge in [0.1, 0.15) is 5.75 Å². The first-order valence-electron chi connectivity index (χ1n) is 7.17. The van der Waals surface area contributed by atoms with Gasteiger partial charge >= 0.3 is 6.01 Å². The topological polar surface area (TPSA) is 47.0 Å². The maximum atomic E-state index is 5.64. The van der Waals surface area contributed by atoms with Crippen LogP contribution in [0, 0.1) is 0 Å². The molecule has 3 rings (SSSR count).